The van der Waals surface area contributed by atoms with E-state index in [-0.39, 0.29) is 17.4 Å². The highest BCUT2D eigenvalue weighted by Crippen LogP contribution is 2.17. The molecule has 0 fully saturated rings. The molecule has 0 bridgehead atoms. The number of amides is 1. The number of carbonyl (C=O) groups is 2. The van der Waals surface area contributed by atoms with Crippen LogP contribution in [0.4, 0.5) is 4.79 Å². The molecular formula is C17H27NO3. The number of ketones is 1. The Morgan fingerprint density at radius 2 is 1.86 bits per heavy atom. The number of nitrogens with zero attached hydrogens (tertiary/aromatic N) is 1. The summed E-state index contributed by atoms with van der Waals surface area (Å²) in [6.45, 7) is 16.6. The summed E-state index contributed by atoms with van der Waals surface area (Å²) in [5.41, 5.74) is 0.620. The lowest BCUT2D eigenvalue weighted by Gasteiger charge is -2.18. The first-order chi connectivity index (χ1) is 9.58. The van der Waals surface area contributed by atoms with E-state index in [0.29, 0.717) is 19.3 Å². The van der Waals surface area contributed by atoms with Crippen molar-refractivity contribution in [3.8, 4) is 0 Å². The van der Waals surface area contributed by atoms with Gasteiger partial charge in [0, 0.05) is 12.8 Å². The Balaban J connectivity index is 5.11. The Hall–Kier alpha value is -1.71. The third kappa shape index (κ3) is 8.95. The van der Waals surface area contributed by atoms with E-state index in [1.165, 1.54) is 0 Å². The number of aliphatic imine (C=N–C) groups is 1. The molecule has 0 aromatic rings. The SMILES string of the molecule is C=CC(CC(=C)C)CC(=NC(=O)OC(C)(C)C)C(=O)CC. The molecule has 0 heterocycles. The van der Waals surface area contributed by atoms with E-state index >= 15 is 0 Å². The van der Waals surface area contributed by atoms with Gasteiger partial charge in [0.2, 0.25) is 0 Å². The minimum Gasteiger partial charge on any atom is -0.442 e. The second kappa shape index (κ2) is 8.55. The van der Waals surface area contributed by atoms with Gasteiger partial charge in [0.1, 0.15) is 5.60 Å². The van der Waals surface area contributed by atoms with Crippen LogP contribution in [0, 0.1) is 5.92 Å². The van der Waals surface area contributed by atoms with Crippen LogP contribution in [0.15, 0.2) is 29.8 Å². The van der Waals surface area contributed by atoms with Crippen molar-refractivity contribution < 1.29 is 14.3 Å². The predicted molar refractivity (Wildman–Crippen MR) is 86.7 cm³/mol. The molecule has 1 atom stereocenters. The summed E-state index contributed by atoms with van der Waals surface area (Å²) < 4.78 is 5.14. The van der Waals surface area contributed by atoms with Crippen LogP contribution in [0.3, 0.4) is 0 Å². The van der Waals surface area contributed by atoms with Gasteiger partial charge in [-0.3, -0.25) is 4.79 Å². The molecule has 0 radical (unpaired) electrons. The van der Waals surface area contributed by atoms with Crippen molar-refractivity contribution in [2.45, 2.75) is 59.5 Å². The van der Waals surface area contributed by atoms with Crippen LogP contribution in [-0.4, -0.2) is 23.2 Å². The lowest BCUT2D eigenvalue weighted by atomic mass is 9.93. The van der Waals surface area contributed by atoms with Gasteiger partial charge < -0.3 is 4.74 Å². The van der Waals surface area contributed by atoms with Crippen molar-refractivity contribution in [3.63, 3.8) is 0 Å². The van der Waals surface area contributed by atoms with Gasteiger partial charge >= 0.3 is 6.09 Å². The molecule has 0 aliphatic heterocycles. The van der Waals surface area contributed by atoms with Crippen LogP contribution >= 0.6 is 0 Å². The fourth-order valence-electron chi connectivity index (χ4n) is 1.76. The van der Waals surface area contributed by atoms with Crippen LogP contribution in [0.2, 0.25) is 0 Å². The molecular weight excluding hydrogens is 266 g/mol. The standard InChI is InChI=1S/C17H27NO3/c1-8-13(10-12(3)4)11-14(15(19)9-2)18-16(20)21-17(5,6)7/h8,13H,1,3,9-11H2,2,4-7H3. The highest BCUT2D eigenvalue weighted by molar-refractivity contribution is 6.41. The zero-order valence-electron chi connectivity index (χ0n) is 13.9. The van der Waals surface area contributed by atoms with E-state index < -0.39 is 11.7 Å². The van der Waals surface area contributed by atoms with Crippen LogP contribution < -0.4 is 0 Å². The highest BCUT2D eigenvalue weighted by Gasteiger charge is 2.20. The fraction of sp³-hybridized carbons (Fsp3) is 0.588. The number of hydrogen-bond donors (Lipinski definition) is 0. The monoisotopic (exact) mass is 293 g/mol. The van der Waals surface area contributed by atoms with Crippen LogP contribution in [0.1, 0.15) is 53.9 Å². The van der Waals surface area contributed by atoms with Crippen molar-refractivity contribution in [1.82, 2.24) is 0 Å². The lowest BCUT2D eigenvalue weighted by molar-refractivity contribution is -0.112. The Morgan fingerprint density at radius 3 is 2.24 bits per heavy atom. The summed E-state index contributed by atoms with van der Waals surface area (Å²) in [7, 11) is 0. The van der Waals surface area contributed by atoms with Crippen molar-refractivity contribution in [2.75, 3.05) is 0 Å². The summed E-state index contributed by atoms with van der Waals surface area (Å²) in [4.78, 5) is 27.6. The number of rotatable bonds is 7. The van der Waals surface area contributed by atoms with Gasteiger partial charge in [0.25, 0.3) is 0 Å². The van der Waals surface area contributed by atoms with Crippen molar-refractivity contribution >= 4 is 17.6 Å². The van der Waals surface area contributed by atoms with Crippen molar-refractivity contribution in [1.29, 1.82) is 0 Å². The minimum atomic E-state index is -0.725. The van der Waals surface area contributed by atoms with Gasteiger partial charge in [-0.1, -0.05) is 18.6 Å². The van der Waals surface area contributed by atoms with Gasteiger partial charge in [-0.2, -0.15) is 4.99 Å². The Kier molecular flexibility index (Phi) is 7.85. The molecule has 1 amide bonds. The first-order valence-corrected chi connectivity index (χ1v) is 7.19. The molecule has 4 nitrogen and oxygen atoms in total. The number of allylic oxidation sites excluding steroid dienone is 2. The van der Waals surface area contributed by atoms with E-state index in [4.69, 9.17) is 4.74 Å². The molecule has 0 saturated carbocycles. The fourth-order valence-corrected chi connectivity index (χ4v) is 1.76. The first kappa shape index (κ1) is 19.3. The van der Waals surface area contributed by atoms with Gasteiger partial charge in [0.05, 0.1) is 5.71 Å². The maximum atomic E-state index is 12.0. The highest BCUT2D eigenvalue weighted by atomic mass is 16.6. The Labute approximate surface area is 128 Å². The van der Waals surface area contributed by atoms with Gasteiger partial charge in [-0.15, -0.1) is 13.2 Å². The Bertz CT molecular complexity index is 441. The van der Waals surface area contributed by atoms with Gasteiger partial charge in [0.15, 0.2) is 5.78 Å². The molecule has 0 aliphatic rings. The molecule has 4 heteroatoms. The van der Waals surface area contributed by atoms with Crippen molar-refractivity contribution in [3.05, 3.63) is 24.8 Å². The second-order valence-corrected chi connectivity index (χ2v) is 6.18. The molecule has 0 N–H and O–H groups in total. The van der Waals surface area contributed by atoms with E-state index in [9.17, 15) is 9.59 Å². The molecule has 0 aromatic heterocycles. The molecule has 0 spiro atoms. The maximum Gasteiger partial charge on any atom is 0.434 e. The minimum absolute atomic E-state index is 0.0409. The normalized spacial score (nSPS) is 13.5. The van der Waals surface area contributed by atoms with Crippen molar-refractivity contribution in [2.24, 2.45) is 10.9 Å². The molecule has 0 rings (SSSR count). The number of Topliss-reactive ketones (excluding diaryl/α,β-unsaturated/α-hetero) is 1. The molecule has 0 aromatic carbocycles. The van der Waals surface area contributed by atoms with Gasteiger partial charge in [-0.25, -0.2) is 4.79 Å². The third-order valence-corrected chi connectivity index (χ3v) is 2.66. The average molecular weight is 293 g/mol. The average Bonchev–Trinajstić information content (AvgIpc) is 2.33. The third-order valence-electron chi connectivity index (χ3n) is 2.66. The first-order valence-electron chi connectivity index (χ1n) is 7.19. The number of hydrogen-bond acceptors (Lipinski definition) is 3. The van der Waals surface area contributed by atoms with Crippen LogP contribution in [0.5, 0.6) is 0 Å². The predicted octanol–water partition coefficient (Wildman–Crippen LogP) is 4.50. The number of carbonyl (C=O) groups excluding carboxylic acids is 2. The summed E-state index contributed by atoms with van der Waals surface area (Å²) in [6, 6.07) is 0. The zero-order valence-corrected chi connectivity index (χ0v) is 13.9. The Morgan fingerprint density at radius 1 is 1.29 bits per heavy atom. The number of ether oxygens (including phenoxy) is 1. The lowest BCUT2D eigenvalue weighted by Crippen LogP contribution is -2.24. The summed E-state index contributed by atoms with van der Waals surface area (Å²) in [6.07, 6.45) is 2.44. The summed E-state index contributed by atoms with van der Waals surface area (Å²) in [5.74, 6) is -0.103. The second-order valence-electron chi connectivity index (χ2n) is 6.18. The molecule has 118 valence electrons. The summed E-state index contributed by atoms with van der Waals surface area (Å²) in [5, 5.41) is 0. The quantitative estimate of drug-likeness (QED) is 0.513. The zero-order chi connectivity index (χ0) is 16.6. The smallest absolute Gasteiger partial charge is 0.434 e. The van der Waals surface area contributed by atoms with E-state index in [1.807, 2.05) is 6.92 Å². The molecule has 21 heavy (non-hydrogen) atoms. The molecule has 0 saturated heterocycles. The molecule has 0 aliphatic carbocycles. The van der Waals surface area contributed by atoms with Gasteiger partial charge in [-0.05, 0) is 40.0 Å². The summed E-state index contributed by atoms with van der Waals surface area (Å²) >= 11 is 0. The largest absolute Gasteiger partial charge is 0.442 e. The van der Waals surface area contributed by atoms with E-state index in [2.05, 4.69) is 18.2 Å². The van der Waals surface area contributed by atoms with Crippen LogP contribution in [0.25, 0.3) is 0 Å². The maximum absolute atomic E-state index is 12.0. The van der Waals surface area contributed by atoms with Crippen LogP contribution in [-0.2, 0) is 9.53 Å². The van der Waals surface area contributed by atoms with E-state index in [1.54, 1.807) is 33.8 Å². The molecule has 1 unspecified atom stereocenters. The topological polar surface area (TPSA) is 55.7 Å². The van der Waals surface area contributed by atoms with E-state index in [0.717, 1.165) is 5.57 Å².